The van der Waals surface area contributed by atoms with E-state index in [4.69, 9.17) is 0 Å². The molecule has 1 heterocycles. The fraction of sp³-hybridized carbons (Fsp3) is 0.909. The van der Waals surface area contributed by atoms with Gasteiger partial charge in [-0.15, -0.1) is 0 Å². The van der Waals surface area contributed by atoms with Crippen LogP contribution in [0, 0.1) is 11.8 Å². The minimum absolute atomic E-state index is 0.234. The van der Waals surface area contributed by atoms with E-state index in [1.165, 1.54) is 12.8 Å². The SMILES string of the molecule is CC(C)C1(O)CN(C(=O)CC2CC2)C1. The van der Waals surface area contributed by atoms with Crippen LogP contribution in [0.15, 0.2) is 0 Å². The molecule has 1 saturated heterocycles. The first-order valence-corrected chi connectivity index (χ1v) is 5.51. The second-order valence-corrected chi connectivity index (χ2v) is 5.16. The lowest BCUT2D eigenvalue weighted by atomic mass is 9.83. The Hall–Kier alpha value is -0.570. The van der Waals surface area contributed by atoms with Crippen LogP contribution < -0.4 is 0 Å². The van der Waals surface area contributed by atoms with Crippen LogP contribution in [-0.4, -0.2) is 34.6 Å². The van der Waals surface area contributed by atoms with E-state index >= 15 is 0 Å². The Morgan fingerprint density at radius 2 is 2.07 bits per heavy atom. The highest BCUT2D eigenvalue weighted by Gasteiger charge is 2.46. The van der Waals surface area contributed by atoms with E-state index in [2.05, 4.69) is 0 Å². The van der Waals surface area contributed by atoms with Crippen LogP contribution in [-0.2, 0) is 4.79 Å². The third-order valence-electron chi connectivity index (χ3n) is 3.52. The first-order valence-electron chi connectivity index (χ1n) is 5.51. The molecule has 1 aliphatic carbocycles. The molecule has 1 amide bonds. The highest BCUT2D eigenvalue weighted by molar-refractivity contribution is 5.78. The molecule has 3 nitrogen and oxygen atoms in total. The molecule has 1 saturated carbocycles. The van der Waals surface area contributed by atoms with Crippen molar-refractivity contribution in [2.75, 3.05) is 13.1 Å². The minimum atomic E-state index is -0.612. The van der Waals surface area contributed by atoms with Gasteiger partial charge in [0.05, 0.1) is 13.1 Å². The zero-order valence-electron chi connectivity index (χ0n) is 8.99. The molecule has 0 atom stereocenters. The van der Waals surface area contributed by atoms with Crippen molar-refractivity contribution in [2.45, 2.75) is 38.7 Å². The van der Waals surface area contributed by atoms with Gasteiger partial charge in [0, 0.05) is 6.42 Å². The average Bonchev–Trinajstić information content (AvgIpc) is 2.81. The van der Waals surface area contributed by atoms with Gasteiger partial charge < -0.3 is 10.0 Å². The van der Waals surface area contributed by atoms with Gasteiger partial charge in [-0.1, -0.05) is 13.8 Å². The summed E-state index contributed by atoms with van der Waals surface area (Å²) >= 11 is 0. The average molecular weight is 197 g/mol. The van der Waals surface area contributed by atoms with Crippen LogP contribution in [0.3, 0.4) is 0 Å². The van der Waals surface area contributed by atoms with Crippen molar-refractivity contribution in [1.82, 2.24) is 4.90 Å². The molecule has 1 N–H and O–H groups in total. The maximum Gasteiger partial charge on any atom is 0.223 e. The van der Waals surface area contributed by atoms with Gasteiger partial charge in [0.2, 0.25) is 5.91 Å². The molecule has 0 spiro atoms. The maximum absolute atomic E-state index is 11.6. The Morgan fingerprint density at radius 1 is 1.50 bits per heavy atom. The Kier molecular flexibility index (Phi) is 2.30. The zero-order valence-corrected chi connectivity index (χ0v) is 8.99. The van der Waals surface area contributed by atoms with E-state index in [9.17, 15) is 9.90 Å². The molecule has 0 bridgehead atoms. The second kappa shape index (κ2) is 3.23. The summed E-state index contributed by atoms with van der Waals surface area (Å²) in [6.45, 7) is 5.08. The molecule has 0 radical (unpaired) electrons. The molecule has 2 aliphatic rings. The molecule has 3 heteroatoms. The van der Waals surface area contributed by atoms with E-state index in [0.29, 0.717) is 25.4 Å². The van der Waals surface area contributed by atoms with E-state index in [1.54, 1.807) is 4.90 Å². The Bertz CT molecular complexity index is 240. The lowest BCUT2D eigenvalue weighted by Gasteiger charge is -2.49. The van der Waals surface area contributed by atoms with Gasteiger partial charge >= 0.3 is 0 Å². The third kappa shape index (κ3) is 1.78. The summed E-state index contributed by atoms with van der Waals surface area (Å²) in [7, 11) is 0. The van der Waals surface area contributed by atoms with Crippen molar-refractivity contribution in [3.8, 4) is 0 Å². The van der Waals surface area contributed by atoms with Gasteiger partial charge in [-0.3, -0.25) is 4.79 Å². The van der Waals surface area contributed by atoms with E-state index < -0.39 is 5.60 Å². The summed E-state index contributed by atoms with van der Waals surface area (Å²) < 4.78 is 0. The molecular formula is C11H19NO2. The van der Waals surface area contributed by atoms with Gasteiger partial charge in [-0.25, -0.2) is 0 Å². The molecule has 0 aromatic heterocycles. The summed E-state index contributed by atoms with van der Waals surface area (Å²) in [5.41, 5.74) is -0.612. The summed E-state index contributed by atoms with van der Waals surface area (Å²) in [5.74, 6) is 1.13. The number of carbonyl (C=O) groups excluding carboxylic acids is 1. The standard InChI is InChI=1S/C11H19NO2/c1-8(2)11(14)6-12(7-11)10(13)5-9-3-4-9/h8-9,14H,3-7H2,1-2H3. The van der Waals surface area contributed by atoms with Gasteiger partial charge in [0.15, 0.2) is 0 Å². The van der Waals surface area contributed by atoms with Crippen LogP contribution >= 0.6 is 0 Å². The summed E-state index contributed by atoms with van der Waals surface area (Å²) in [5, 5.41) is 9.96. The van der Waals surface area contributed by atoms with Crippen molar-refractivity contribution in [1.29, 1.82) is 0 Å². The van der Waals surface area contributed by atoms with Gasteiger partial charge in [-0.2, -0.15) is 0 Å². The van der Waals surface area contributed by atoms with Crippen molar-refractivity contribution in [2.24, 2.45) is 11.8 Å². The first-order chi connectivity index (χ1) is 6.51. The lowest BCUT2D eigenvalue weighted by Crippen LogP contribution is -2.66. The largest absolute Gasteiger partial charge is 0.386 e. The molecule has 80 valence electrons. The van der Waals surface area contributed by atoms with Crippen molar-refractivity contribution >= 4 is 5.91 Å². The number of likely N-dealkylation sites (tertiary alicyclic amines) is 1. The highest BCUT2D eigenvalue weighted by atomic mass is 16.3. The second-order valence-electron chi connectivity index (χ2n) is 5.16. The van der Waals surface area contributed by atoms with E-state index in [-0.39, 0.29) is 11.8 Å². The number of rotatable bonds is 3. The summed E-state index contributed by atoms with van der Waals surface area (Å²) in [6, 6.07) is 0. The topological polar surface area (TPSA) is 40.5 Å². The molecule has 0 unspecified atom stereocenters. The van der Waals surface area contributed by atoms with Gasteiger partial charge in [0.1, 0.15) is 5.60 Å². The predicted molar refractivity (Wildman–Crippen MR) is 53.7 cm³/mol. The van der Waals surface area contributed by atoms with Gasteiger partial charge in [0.25, 0.3) is 0 Å². The number of nitrogens with zero attached hydrogens (tertiary/aromatic N) is 1. The predicted octanol–water partition coefficient (Wildman–Crippen LogP) is 1.02. The number of β-amino-alcohol motifs (C(OH)–C–C–N with tert-alkyl or cyclic N) is 1. The number of hydrogen-bond acceptors (Lipinski definition) is 2. The van der Waals surface area contributed by atoms with Crippen LogP contribution in [0.2, 0.25) is 0 Å². The molecule has 2 rings (SSSR count). The minimum Gasteiger partial charge on any atom is -0.386 e. The lowest BCUT2D eigenvalue weighted by molar-refractivity contribution is -0.164. The molecule has 14 heavy (non-hydrogen) atoms. The van der Waals surface area contributed by atoms with Crippen LogP contribution in [0.5, 0.6) is 0 Å². The van der Waals surface area contributed by atoms with Crippen molar-refractivity contribution < 1.29 is 9.90 Å². The van der Waals surface area contributed by atoms with E-state index in [1.807, 2.05) is 13.8 Å². The van der Waals surface area contributed by atoms with Crippen LogP contribution in [0.1, 0.15) is 33.1 Å². The van der Waals surface area contributed by atoms with Crippen LogP contribution in [0.4, 0.5) is 0 Å². The number of aliphatic hydroxyl groups is 1. The smallest absolute Gasteiger partial charge is 0.223 e. The number of amides is 1. The van der Waals surface area contributed by atoms with E-state index in [0.717, 1.165) is 0 Å². The Balaban J connectivity index is 1.78. The molecule has 0 aromatic carbocycles. The Labute approximate surface area is 85.1 Å². The molecule has 1 aliphatic heterocycles. The van der Waals surface area contributed by atoms with Crippen molar-refractivity contribution in [3.05, 3.63) is 0 Å². The van der Waals surface area contributed by atoms with Gasteiger partial charge in [-0.05, 0) is 24.7 Å². The molecule has 0 aromatic rings. The number of hydrogen-bond donors (Lipinski definition) is 1. The van der Waals surface area contributed by atoms with Crippen LogP contribution in [0.25, 0.3) is 0 Å². The highest BCUT2D eigenvalue weighted by Crippen LogP contribution is 2.35. The normalized spacial score (nSPS) is 25.0. The maximum atomic E-state index is 11.6. The summed E-state index contributed by atoms with van der Waals surface area (Å²) in [4.78, 5) is 13.4. The number of carbonyl (C=O) groups is 1. The zero-order chi connectivity index (χ0) is 10.3. The third-order valence-corrected chi connectivity index (χ3v) is 3.52. The van der Waals surface area contributed by atoms with Crippen molar-refractivity contribution in [3.63, 3.8) is 0 Å². The molecular weight excluding hydrogens is 178 g/mol. The Morgan fingerprint density at radius 3 is 2.50 bits per heavy atom. The monoisotopic (exact) mass is 197 g/mol. The fourth-order valence-corrected chi connectivity index (χ4v) is 1.85. The first kappa shape index (κ1) is 9.97. The quantitative estimate of drug-likeness (QED) is 0.733. The molecule has 2 fully saturated rings. The summed E-state index contributed by atoms with van der Waals surface area (Å²) in [6.07, 6.45) is 3.14. The fourth-order valence-electron chi connectivity index (χ4n) is 1.85.